The molecule has 176 valence electrons. The average molecular weight is 481 g/mol. The quantitative estimate of drug-likeness (QED) is 0.174. The van der Waals surface area contributed by atoms with E-state index in [0.29, 0.717) is 38.6 Å². The van der Waals surface area contributed by atoms with E-state index in [1.165, 1.54) is 23.0 Å². The monoisotopic (exact) mass is 480 g/mol. The maximum Gasteiger partial charge on any atom is 0.354 e. The Morgan fingerprint density at radius 1 is 1.12 bits per heavy atom. The summed E-state index contributed by atoms with van der Waals surface area (Å²) in [7, 11) is 0. The number of hydrogen-bond acceptors (Lipinski definition) is 6. The number of esters is 1. The molecule has 0 spiro atoms. The van der Waals surface area contributed by atoms with E-state index >= 15 is 0 Å². The molecule has 0 unspecified atom stereocenters. The van der Waals surface area contributed by atoms with Crippen molar-refractivity contribution in [3.63, 3.8) is 0 Å². The van der Waals surface area contributed by atoms with Crippen LogP contribution < -0.4 is 15.0 Å². The number of rotatable bonds is 9. The van der Waals surface area contributed by atoms with Crippen LogP contribution in [0.2, 0.25) is 0 Å². The van der Waals surface area contributed by atoms with Gasteiger partial charge in [-0.05, 0) is 60.9 Å². The smallest absolute Gasteiger partial charge is 0.354 e. The summed E-state index contributed by atoms with van der Waals surface area (Å²) in [5.41, 5.74) is 0.882. The van der Waals surface area contributed by atoms with Crippen molar-refractivity contribution in [3.8, 4) is 11.5 Å². The van der Waals surface area contributed by atoms with E-state index in [0.717, 1.165) is 36.3 Å². The van der Waals surface area contributed by atoms with Gasteiger partial charge in [0, 0.05) is 0 Å². The van der Waals surface area contributed by atoms with E-state index in [1.807, 2.05) is 0 Å². The second-order valence-electron chi connectivity index (χ2n) is 7.96. The molecule has 6 nitrogen and oxygen atoms in total. The molecular weight excluding hydrogens is 455 g/mol. The number of aryl methyl sites for hydroxylation is 1. The second-order valence-corrected chi connectivity index (χ2v) is 8.96. The molecule has 0 bridgehead atoms. The first-order valence-corrected chi connectivity index (χ1v) is 12.0. The Labute approximate surface area is 200 Å². The molecule has 2 aromatic heterocycles. The molecule has 0 saturated carbocycles. The number of thiophene rings is 1. The van der Waals surface area contributed by atoms with Gasteiger partial charge in [0.1, 0.15) is 27.0 Å². The lowest BCUT2D eigenvalue weighted by Crippen LogP contribution is -2.21. The van der Waals surface area contributed by atoms with Crippen LogP contribution in [0.5, 0.6) is 11.5 Å². The first kappa shape index (κ1) is 23.6. The summed E-state index contributed by atoms with van der Waals surface area (Å²) in [4.78, 5) is 31.0. The Hall–Kier alpha value is -3.52. The predicted octanol–water partition coefficient (Wildman–Crippen LogP) is 5.74. The number of nitrogens with zero attached hydrogens (tertiary/aromatic N) is 2. The number of hydrogen-bond donors (Lipinski definition) is 0. The first-order chi connectivity index (χ1) is 16.5. The fourth-order valence-electron chi connectivity index (χ4n) is 3.60. The van der Waals surface area contributed by atoms with E-state index in [2.05, 4.69) is 11.9 Å². The molecule has 2 heterocycles. The van der Waals surface area contributed by atoms with Gasteiger partial charge in [-0.25, -0.2) is 14.2 Å². The topological polar surface area (TPSA) is 70.4 Å². The summed E-state index contributed by atoms with van der Waals surface area (Å²) < 4.78 is 26.1. The van der Waals surface area contributed by atoms with Crippen LogP contribution in [-0.4, -0.2) is 22.1 Å². The standard InChI is InChI=1S/C26H25FN2O4S/c1-3-4-5-13-32-20-9-11-21(12-10-20)33-26(31)23-17(2)22-24(34-23)28-16-29(25(22)30)15-18-7-6-8-19(27)14-18/h6-12,14,16H,3-5,13,15H2,1-2H3. The van der Waals surface area contributed by atoms with Crippen LogP contribution in [0, 0.1) is 12.7 Å². The molecule has 34 heavy (non-hydrogen) atoms. The third-order valence-corrected chi connectivity index (χ3v) is 6.58. The molecule has 0 aliphatic rings. The van der Waals surface area contributed by atoms with Gasteiger partial charge in [-0.15, -0.1) is 11.3 Å². The number of carbonyl (C=O) groups excluding carboxylic acids is 1. The molecule has 0 aliphatic heterocycles. The van der Waals surface area contributed by atoms with Crippen molar-refractivity contribution >= 4 is 27.5 Å². The summed E-state index contributed by atoms with van der Waals surface area (Å²) in [6.45, 7) is 4.68. The van der Waals surface area contributed by atoms with Gasteiger partial charge in [-0.1, -0.05) is 31.9 Å². The Bertz CT molecular complexity index is 1360. The number of benzene rings is 2. The largest absolute Gasteiger partial charge is 0.494 e. The van der Waals surface area contributed by atoms with Crippen molar-refractivity contribution in [2.24, 2.45) is 0 Å². The molecule has 4 aromatic rings. The zero-order valence-corrected chi connectivity index (χ0v) is 19.9. The van der Waals surface area contributed by atoms with Gasteiger partial charge in [0.2, 0.25) is 0 Å². The lowest BCUT2D eigenvalue weighted by Gasteiger charge is -2.07. The van der Waals surface area contributed by atoms with Gasteiger partial charge < -0.3 is 9.47 Å². The highest BCUT2D eigenvalue weighted by Gasteiger charge is 2.21. The van der Waals surface area contributed by atoms with E-state index in [1.54, 1.807) is 43.3 Å². The third kappa shape index (κ3) is 5.34. The average Bonchev–Trinajstić information content (AvgIpc) is 3.17. The maximum absolute atomic E-state index is 13.5. The number of fused-ring (bicyclic) bond motifs is 1. The summed E-state index contributed by atoms with van der Waals surface area (Å²) in [6.07, 6.45) is 4.66. The van der Waals surface area contributed by atoms with Crippen molar-refractivity contribution < 1.29 is 18.7 Å². The summed E-state index contributed by atoms with van der Waals surface area (Å²) in [6, 6.07) is 12.9. The van der Waals surface area contributed by atoms with Gasteiger partial charge in [0.15, 0.2) is 0 Å². The Kier molecular flexibility index (Phi) is 7.37. The highest BCUT2D eigenvalue weighted by Crippen LogP contribution is 2.28. The molecule has 2 aromatic carbocycles. The predicted molar refractivity (Wildman–Crippen MR) is 131 cm³/mol. The Morgan fingerprint density at radius 2 is 1.88 bits per heavy atom. The van der Waals surface area contributed by atoms with Crippen LogP contribution in [-0.2, 0) is 6.54 Å². The van der Waals surface area contributed by atoms with E-state index in [4.69, 9.17) is 9.47 Å². The Balaban J connectivity index is 1.50. The zero-order valence-electron chi connectivity index (χ0n) is 19.0. The molecule has 0 amide bonds. The van der Waals surface area contributed by atoms with Crippen LogP contribution in [0.25, 0.3) is 10.2 Å². The molecule has 0 aliphatic carbocycles. The third-order valence-electron chi connectivity index (χ3n) is 5.40. The summed E-state index contributed by atoms with van der Waals surface area (Å²) in [5, 5.41) is 0.367. The van der Waals surface area contributed by atoms with Gasteiger partial charge >= 0.3 is 5.97 Å². The van der Waals surface area contributed by atoms with Crippen molar-refractivity contribution in [2.75, 3.05) is 6.61 Å². The van der Waals surface area contributed by atoms with Crippen LogP contribution in [0.4, 0.5) is 4.39 Å². The number of ether oxygens (including phenoxy) is 2. The maximum atomic E-state index is 13.5. The summed E-state index contributed by atoms with van der Waals surface area (Å²) >= 11 is 1.12. The van der Waals surface area contributed by atoms with Gasteiger partial charge in [-0.3, -0.25) is 9.36 Å². The van der Waals surface area contributed by atoms with Crippen molar-refractivity contribution in [3.05, 3.63) is 87.0 Å². The first-order valence-electron chi connectivity index (χ1n) is 11.1. The zero-order chi connectivity index (χ0) is 24.1. The lowest BCUT2D eigenvalue weighted by molar-refractivity contribution is 0.0739. The molecule has 0 saturated heterocycles. The van der Waals surface area contributed by atoms with Crippen LogP contribution in [0.3, 0.4) is 0 Å². The van der Waals surface area contributed by atoms with E-state index in [-0.39, 0.29) is 17.9 Å². The fraction of sp³-hybridized carbons (Fsp3) is 0.269. The van der Waals surface area contributed by atoms with E-state index in [9.17, 15) is 14.0 Å². The van der Waals surface area contributed by atoms with Crippen LogP contribution >= 0.6 is 11.3 Å². The number of aromatic nitrogens is 2. The molecule has 4 rings (SSSR count). The number of carbonyl (C=O) groups is 1. The van der Waals surface area contributed by atoms with Gasteiger partial charge in [-0.2, -0.15) is 0 Å². The molecular formula is C26H25FN2O4S. The molecule has 0 N–H and O–H groups in total. The molecule has 0 atom stereocenters. The highest BCUT2D eigenvalue weighted by atomic mass is 32.1. The minimum atomic E-state index is -0.548. The van der Waals surface area contributed by atoms with Crippen LogP contribution in [0.15, 0.2) is 59.7 Å². The Morgan fingerprint density at radius 3 is 2.62 bits per heavy atom. The summed E-state index contributed by atoms with van der Waals surface area (Å²) in [5.74, 6) is 0.192. The van der Waals surface area contributed by atoms with Crippen molar-refractivity contribution in [1.82, 2.24) is 9.55 Å². The minimum Gasteiger partial charge on any atom is -0.494 e. The lowest BCUT2D eigenvalue weighted by atomic mass is 10.2. The molecule has 0 fully saturated rings. The fourth-order valence-corrected chi connectivity index (χ4v) is 4.61. The van der Waals surface area contributed by atoms with Gasteiger partial charge in [0.25, 0.3) is 5.56 Å². The highest BCUT2D eigenvalue weighted by molar-refractivity contribution is 7.20. The molecule has 8 heteroatoms. The normalized spacial score (nSPS) is 11.0. The SMILES string of the molecule is CCCCCOc1ccc(OC(=O)c2sc3ncn(Cc4cccc(F)c4)c(=O)c3c2C)cc1. The second kappa shape index (κ2) is 10.6. The number of unbranched alkanes of at least 4 members (excludes halogenated alkanes) is 2. The van der Waals surface area contributed by atoms with Gasteiger partial charge in [0.05, 0.1) is 24.9 Å². The number of halogens is 1. The van der Waals surface area contributed by atoms with Crippen molar-refractivity contribution in [1.29, 1.82) is 0 Å². The minimum absolute atomic E-state index is 0.182. The van der Waals surface area contributed by atoms with Crippen molar-refractivity contribution in [2.45, 2.75) is 39.7 Å². The molecule has 0 radical (unpaired) electrons. The van der Waals surface area contributed by atoms with Crippen LogP contribution in [0.1, 0.15) is 47.0 Å². The van der Waals surface area contributed by atoms with E-state index < -0.39 is 5.97 Å².